The average Bonchev–Trinajstić information content (AvgIpc) is 2.55. The third kappa shape index (κ3) is 4.47. The summed E-state index contributed by atoms with van der Waals surface area (Å²) in [6.07, 6.45) is 2.56. The van der Waals surface area contributed by atoms with Crippen molar-refractivity contribution in [1.29, 1.82) is 0 Å². The van der Waals surface area contributed by atoms with Crippen LogP contribution in [-0.2, 0) is 9.53 Å². The molecule has 0 unspecified atom stereocenters. The van der Waals surface area contributed by atoms with E-state index in [1.54, 1.807) is 12.1 Å². The normalized spacial score (nSPS) is 10.6. The first-order chi connectivity index (χ1) is 11.4. The molecule has 2 aromatic carbocycles. The molecule has 0 atom stereocenters. The Labute approximate surface area is 147 Å². The van der Waals surface area contributed by atoms with Crippen LogP contribution in [0.4, 0.5) is 5.69 Å². The third-order valence-corrected chi connectivity index (χ3v) is 3.44. The van der Waals surface area contributed by atoms with Gasteiger partial charge >= 0.3 is 11.7 Å². The van der Waals surface area contributed by atoms with Gasteiger partial charge in [0.2, 0.25) is 5.75 Å². The zero-order valence-electron chi connectivity index (χ0n) is 12.4. The topological polar surface area (TPSA) is 78.7 Å². The maximum atomic E-state index is 11.3. The van der Waals surface area contributed by atoms with Crippen LogP contribution in [0.15, 0.2) is 42.5 Å². The first-order valence-electron chi connectivity index (χ1n) is 6.58. The van der Waals surface area contributed by atoms with Gasteiger partial charge in [0.05, 0.1) is 17.1 Å². The summed E-state index contributed by atoms with van der Waals surface area (Å²) < 4.78 is 9.98. The Bertz CT molecular complexity index is 820. The van der Waals surface area contributed by atoms with Crippen molar-refractivity contribution in [2.75, 3.05) is 7.11 Å². The molecule has 0 heterocycles. The van der Waals surface area contributed by atoms with Gasteiger partial charge in [-0.2, -0.15) is 0 Å². The van der Waals surface area contributed by atoms with Crippen LogP contribution in [0.1, 0.15) is 5.56 Å². The van der Waals surface area contributed by atoms with E-state index in [9.17, 15) is 14.9 Å². The van der Waals surface area contributed by atoms with Crippen molar-refractivity contribution in [3.63, 3.8) is 0 Å². The number of methoxy groups -OCH3 is 1. The highest BCUT2D eigenvalue weighted by atomic mass is 35.5. The van der Waals surface area contributed by atoms with E-state index in [4.69, 9.17) is 27.9 Å². The molecule has 0 saturated heterocycles. The van der Waals surface area contributed by atoms with E-state index in [2.05, 4.69) is 4.74 Å². The first-order valence-corrected chi connectivity index (χ1v) is 7.33. The van der Waals surface area contributed by atoms with Gasteiger partial charge in [-0.3, -0.25) is 10.1 Å². The molecular weight excluding hydrogens is 357 g/mol. The molecule has 2 aromatic rings. The number of esters is 1. The van der Waals surface area contributed by atoms with Crippen molar-refractivity contribution in [2.45, 2.75) is 0 Å². The predicted octanol–water partition coefficient (Wildman–Crippen LogP) is 4.88. The fourth-order valence-corrected chi connectivity index (χ4v) is 2.22. The Hall–Kier alpha value is -2.57. The fraction of sp³-hybridized carbons (Fsp3) is 0.0625. The van der Waals surface area contributed by atoms with Crippen molar-refractivity contribution in [3.8, 4) is 11.5 Å². The number of hydrogen-bond donors (Lipinski definition) is 0. The Morgan fingerprint density at radius 2 is 1.88 bits per heavy atom. The number of nitro groups is 1. The monoisotopic (exact) mass is 367 g/mol. The number of carbonyl (C=O) groups excluding carboxylic acids is 1. The van der Waals surface area contributed by atoms with Gasteiger partial charge in [0, 0.05) is 17.2 Å². The Kier molecular flexibility index (Phi) is 5.78. The smallest absolute Gasteiger partial charge is 0.330 e. The molecule has 0 fully saturated rings. The molecule has 0 radical (unpaired) electrons. The van der Waals surface area contributed by atoms with Crippen LogP contribution in [0.3, 0.4) is 0 Å². The molecule has 0 aliphatic rings. The Morgan fingerprint density at radius 1 is 1.17 bits per heavy atom. The molecule has 24 heavy (non-hydrogen) atoms. The molecule has 0 spiro atoms. The van der Waals surface area contributed by atoms with E-state index in [0.717, 1.165) is 6.08 Å². The van der Waals surface area contributed by atoms with Crippen LogP contribution in [0.5, 0.6) is 11.5 Å². The van der Waals surface area contributed by atoms with Crippen LogP contribution in [0.25, 0.3) is 6.08 Å². The molecule has 2 rings (SSSR count). The van der Waals surface area contributed by atoms with Crippen LogP contribution in [0.2, 0.25) is 10.0 Å². The molecule has 0 aromatic heterocycles. The lowest BCUT2D eigenvalue weighted by Crippen LogP contribution is -1.95. The second-order valence-electron chi connectivity index (χ2n) is 4.52. The van der Waals surface area contributed by atoms with Gasteiger partial charge < -0.3 is 9.47 Å². The number of benzene rings is 2. The summed E-state index contributed by atoms with van der Waals surface area (Å²) in [5, 5.41) is 11.9. The molecule has 6 nitrogen and oxygen atoms in total. The average molecular weight is 368 g/mol. The molecule has 124 valence electrons. The zero-order valence-corrected chi connectivity index (χ0v) is 13.9. The van der Waals surface area contributed by atoms with Gasteiger partial charge in [-0.15, -0.1) is 0 Å². The molecule has 0 N–H and O–H groups in total. The Morgan fingerprint density at radius 3 is 2.50 bits per heavy atom. The second-order valence-corrected chi connectivity index (χ2v) is 5.36. The predicted molar refractivity (Wildman–Crippen MR) is 90.7 cm³/mol. The molecular formula is C16H11Cl2NO5. The molecule has 0 saturated carbocycles. The number of ether oxygens (including phenoxy) is 2. The number of carbonyl (C=O) groups is 1. The summed E-state index contributed by atoms with van der Waals surface area (Å²) >= 11 is 11.8. The highest BCUT2D eigenvalue weighted by Crippen LogP contribution is 2.36. The van der Waals surface area contributed by atoms with Crippen molar-refractivity contribution in [1.82, 2.24) is 0 Å². The van der Waals surface area contributed by atoms with E-state index in [1.165, 1.54) is 37.5 Å². The van der Waals surface area contributed by atoms with Crippen LogP contribution in [-0.4, -0.2) is 18.0 Å². The lowest BCUT2D eigenvalue weighted by molar-refractivity contribution is -0.385. The quantitative estimate of drug-likeness (QED) is 0.325. The van der Waals surface area contributed by atoms with Gasteiger partial charge in [-0.05, 0) is 35.9 Å². The SMILES string of the molecule is COC(=O)C=Cc1ccc(Oc2ccc(Cl)cc2Cl)c([N+](=O)[O-])c1. The van der Waals surface area contributed by atoms with E-state index < -0.39 is 10.9 Å². The number of nitro benzene ring substituents is 1. The standard InChI is InChI=1S/C16H11Cl2NO5/c1-23-16(20)7-3-10-2-5-15(13(8-10)19(21)22)24-14-6-4-11(17)9-12(14)18/h2-9H,1H3. The van der Waals surface area contributed by atoms with Crippen LogP contribution in [0, 0.1) is 10.1 Å². The van der Waals surface area contributed by atoms with E-state index in [0.29, 0.717) is 10.6 Å². The highest BCUT2D eigenvalue weighted by molar-refractivity contribution is 6.35. The number of nitrogens with zero attached hydrogens (tertiary/aromatic N) is 1. The van der Waals surface area contributed by atoms with Crippen molar-refractivity contribution in [2.24, 2.45) is 0 Å². The summed E-state index contributed by atoms with van der Waals surface area (Å²) in [6.45, 7) is 0. The third-order valence-electron chi connectivity index (χ3n) is 2.91. The van der Waals surface area contributed by atoms with E-state index in [-0.39, 0.29) is 22.2 Å². The zero-order chi connectivity index (χ0) is 17.7. The maximum Gasteiger partial charge on any atom is 0.330 e. The second kappa shape index (κ2) is 7.81. The fourth-order valence-electron chi connectivity index (χ4n) is 1.78. The van der Waals surface area contributed by atoms with Crippen molar-refractivity contribution in [3.05, 3.63) is 68.2 Å². The molecule has 0 aliphatic carbocycles. The summed E-state index contributed by atoms with van der Waals surface area (Å²) in [5.41, 5.74) is 0.176. The van der Waals surface area contributed by atoms with Gasteiger partial charge in [-0.25, -0.2) is 4.79 Å². The molecule has 0 amide bonds. The van der Waals surface area contributed by atoms with Crippen molar-refractivity contribution >= 4 is 40.9 Å². The molecule has 0 aliphatic heterocycles. The van der Waals surface area contributed by atoms with Gasteiger partial charge in [0.15, 0.2) is 0 Å². The van der Waals surface area contributed by atoms with Crippen LogP contribution >= 0.6 is 23.2 Å². The summed E-state index contributed by atoms with van der Waals surface area (Å²) in [6, 6.07) is 8.80. The minimum atomic E-state index is -0.589. The van der Waals surface area contributed by atoms with Crippen LogP contribution < -0.4 is 4.74 Å². The number of rotatable bonds is 5. The van der Waals surface area contributed by atoms with E-state index >= 15 is 0 Å². The Balaban J connectivity index is 2.34. The van der Waals surface area contributed by atoms with E-state index in [1.807, 2.05) is 0 Å². The molecule has 0 bridgehead atoms. The summed E-state index contributed by atoms with van der Waals surface area (Å²) in [7, 11) is 1.24. The highest BCUT2D eigenvalue weighted by Gasteiger charge is 2.17. The minimum absolute atomic E-state index is 0.0134. The largest absolute Gasteiger partial charge is 0.466 e. The van der Waals surface area contributed by atoms with Gasteiger partial charge in [-0.1, -0.05) is 29.3 Å². The number of hydrogen-bond acceptors (Lipinski definition) is 5. The first kappa shape index (κ1) is 17.8. The summed E-state index contributed by atoms with van der Waals surface area (Å²) in [4.78, 5) is 21.7. The van der Waals surface area contributed by atoms with Crippen molar-refractivity contribution < 1.29 is 19.2 Å². The lowest BCUT2D eigenvalue weighted by atomic mass is 10.1. The minimum Gasteiger partial charge on any atom is -0.466 e. The lowest BCUT2D eigenvalue weighted by Gasteiger charge is -2.08. The van der Waals surface area contributed by atoms with Gasteiger partial charge in [0.1, 0.15) is 5.75 Å². The van der Waals surface area contributed by atoms with Gasteiger partial charge in [0.25, 0.3) is 0 Å². The summed E-state index contributed by atoms with van der Waals surface area (Å²) in [5.74, 6) is -0.313. The number of halogens is 2. The maximum absolute atomic E-state index is 11.3. The molecule has 8 heteroatoms.